The van der Waals surface area contributed by atoms with Gasteiger partial charge in [-0.1, -0.05) is 0 Å². The zero-order chi connectivity index (χ0) is 25.1. The molecule has 0 spiro atoms. The number of nitrogens with zero attached hydrogens (tertiary/aromatic N) is 6. The lowest BCUT2D eigenvalue weighted by molar-refractivity contribution is -0.136. The molecule has 12 heteroatoms. The Morgan fingerprint density at radius 3 is 2.39 bits per heavy atom. The summed E-state index contributed by atoms with van der Waals surface area (Å²) < 4.78 is 16.9. The molecule has 36 heavy (non-hydrogen) atoms. The fraction of sp³-hybridized carbons (Fsp3) is 0.375. The molecule has 5 heterocycles. The van der Waals surface area contributed by atoms with Gasteiger partial charge in [0.1, 0.15) is 17.4 Å². The number of amides is 4. The Hall–Kier alpha value is -4.22. The summed E-state index contributed by atoms with van der Waals surface area (Å²) in [6.07, 6.45) is 4.74. The van der Waals surface area contributed by atoms with Crippen molar-refractivity contribution in [1.82, 2.24) is 30.0 Å². The number of hydrogen-bond acceptors (Lipinski definition) is 8. The Labute approximate surface area is 204 Å². The molecule has 4 amide bonds. The van der Waals surface area contributed by atoms with Crippen LogP contribution in [0.1, 0.15) is 58.0 Å². The maximum Gasteiger partial charge on any atom is 0.262 e. The van der Waals surface area contributed by atoms with E-state index in [-0.39, 0.29) is 35.6 Å². The number of halogens is 1. The van der Waals surface area contributed by atoms with E-state index in [2.05, 4.69) is 20.4 Å². The van der Waals surface area contributed by atoms with Crippen molar-refractivity contribution in [2.75, 3.05) is 18.0 Å². The molecule has 0 radical (unpaired) electrons. The molecular weight excluding hydrogens is 469 g/mol. The van der Waals surface area contributed by atoms with Crippen molar-refractivity contribution in [3.8, 4) is 0 Å². The lowest BCUT2D eigenvalue weighted by Crippen LogP contribution is -2.54. The van der Waals surface area contributed by atoms with E-state index in [0.29, 0.717) is 31.6 Å². The number of nitrogens with one attached hydrogen (secondary N) is 1. The van der Waals surface area contributed by atoms with Crippen LogP contribution in [0.5, 0.6) is 0 Å². The van der Waals surface area contributed by atoms with Crippen LogP contribution in [0.4, 0.5) is 10.1 Å². The molecule has 0 aliphatic carbocycles. The first-order valence-corrected chi connectivity index (χ1v) is 11.8. The van der Waals surface area contributed by atoms with Gasteiger partial charge >= 0.3 is 0 Å². The van der Waals surface area contributed by atoms with Gasteiger partial charge in [-0.05, 0) is 31.4 Å². The largest absolute Gasteiger partial charge is 0.369 e. The van der Waals surface area contributed by atoms with Gasteiger partial charge in [-0.15, -0.1) is 0 Å². The van der Waals surface area contributed by atoms with E-state index in [0.717, 1.165) is 22.2 Å². The Morgan fingerprint density at radius 1 is 0.972 bits per heavy atom. The van der Waals surface area contributed by atoms with Gasteiger partial charge in [0.15, 0.2) is 5.65 Å². The first-order valence-electron chi connectivity index (χ1n) is 11.8. The van der Waals surface area contributed by atoms with Gasteiger partial charge in [0.2, 0.25) is 11.8 Å². The Balaban J connectivity index is 1.23. The van der Waals surface area contributed by atoms with E-state index >= 15 is 4.39 Å². The summed E-state index contributed by atoms with van der Waals surface area (Å²) in [5.74, 6) is -3.00. The van der Waals surface area contributed by atoms with Crippen LogP contribution in [0.2, 0.25) is 0 Å². The number of aryl methyl sites for hydroxylation is 1. The van der Waals surface area contributed by atoms with E-state index in [9.17, 15) is 19.2 Å². The summed E-state index contributed by atoms with van der Waals surface area (Å²) in [6, 6.07) is 1.39. The van der Waals surface area contributed by atoms with E-state index in [1.165, 1.54) is 6.07 Å². The van der Waals surface area contributed by atoms with Gasteiger partial charge in [0, 0.05) is 44.9 Å². The summed E-state index contributed by atoms with van der Waals surface area (Å²) in [5.41, 5.74) is 2.58. The second kappa shape index (κ2) is 8.18. The summed E-state index contributed by atoms with van der Waals surface area (Å²) in [5, 5.41) is 6.77. The predicted molar refractivity (Wildman–Crippen MR) is 124 cm³/mol. The number of hydrogen-bond donors (Lipinski definition) is 1. The van der Waals surface area contributed by atoms with Crippen LogP contribution in [0.25, 0.3) is 11.2 Å². The third-order valence-corrected chi connectivity index (χ3v) is 7.22. The van der Waals surface area contributed by atoms with Gasteiger partial charge in [0.25, 0.3) is 11.8 Å². The van der Waals surface area contributed by atoms with Crippen molar-refractivity contribution in [2.24, 2.45) is 7.05 Å². The Morgan fingerprint density at radius 2 is 1.67 bits per heavy atom. The molecule has 2 fully saturated rings. The molecule has 3 aliphatic heterocycles. The standard InChI is InChI=1S/C24H22FN7O4/c1-30-21-20(26-6-7-27-21)19(29-30)12-4-8-31(9-5-12)17-11-14-13(10-15(17)25)23(35)32(24(14)36)16-2-3-18(33)28-22(16)34/h6-7,10-12,16H,2-5,8-9H2,1H3,(H,28,33,34). The van der Waals surface area contributed by atoms with Crippen LogP contribution in [-0.4, -0.2) is 67.4 Å². The van der Waals surface area contributed by atoms with Gasteiger partial charge in [0.05, 0.1) is 22.5 Å². The van der Waals surface area contributed by atoms with Crippen LogP contribution >= 0.6 is 0 Å². The topological polar surface area (TPSA) is 130 Å². The number of aromatic nitrogens is 4. The molecule has 2 saturated heterocycles. The summed E-state index contributed by atoms with van der Waals surface area (Å²) in [6.45, 7) is 1.05. The van der Waals surface area contributed by atoms with Gasteiger partial charge in [-0.3, -0.25) is 29.4 Å². The fourth-order valence-corrected chi connectivity index (χ4v) is 5.39. The van der Waals surface area contributed by atoms with Gasteiger partial charge in [-0.25, -0.2) is 19.0 Å². The zero-order valence-electron chi connectivity index (χ0n) is 19.4. The fourth-order valence-electron chi connectivity index (χ4n) is 5.39. The second-order valence-electron chi connectivity index (χ2n) is 9.30. The quantitative estimate of drug-likeness (QED) is 0.543. The second-order valence-corrected chi connectivity index (χ2v) is 9.30. The Bertz CT molecular complexity index is 1460. The maximum absolute atomic E-state index is 15.2. The molecule has 1 N–H and O–H groups in total. The van der Waals surface area contributed by atoms with Crippen molar-refractivity contribution < 1.29 is 23.6 Å². The van der Waals surface area contributed by atoms with Crippen molar-refractivity contribution in [3.63, 3.8) is 0 Å². The summed E-state index contributed by atoms with van der Waals surface area (Å²) in [7, 11) is 1.83. The zero-order valence-corrected chi connectivity index (χ0v) is 19.4. The number of carbonyl (C=O) groups is 4. The number of piperidine rings is 2. The van der Waals surface area contributed by atoms with Gasteiger partial charge in [-0.2, -0.15) is 5.10 Å². The highest BCUT2D eigenvalue weighted by molar-refractivity contribution is 6.23. The average molecular weight is 491 g/mol. The monoisotopic (exact) mass is 491 g/mol. The minimum atomic E-state index is -1.09. The highest BCUT2D eigenvalue weighted by atomic mass is 19.1. The van der Waals surface area contributed by atoms with E-state index in [4.69, 9.17) is 0 Å². The van der Waals surface area contributed by atoms with Crippen LogP contribution in [0.3, 0.4) is 0 Å². The molecular formula is C24H22FN7O4. The molecule has 184 valence electrons. The van der Waals surface area contributed by atoms with E-state index < -0.39 is 35.5 Å². The van der Waals surface area contributed by atoms with E-state index in [1.807, 2.05) is 11.9 Å². The van der Waals surface area contributed by atoms with Crippen molar-refractivity contribution in [1.29, 1.82) is 0 Å². The highest BCUT2D eigenvalue weighted by Crippen LogP contribution is 2.36. The molecule has 2 aromatic heterocycles. The minimum Gasteiger partial charge on any atom is -0.369 e. The van der Waals surface area contributed by atoms with Crippen LogP contribution in [0.15, 0.2) is 24.5 Å². The molecule has 6 rings (SSSR count). The SMILES string of the molecule is Cn1nc(C2CCN(c3cc4c(cc3F)C(=O)N(C3CCC(=O)NC3=O)C4=O)CC2)c2nccnc21. The number of rotatable bonds is 3. The summed E-state index contributed by atoms with van der Waals surface area (Å²) in [4.78, 5) is 61.3. The van der Waals surface area contributed by atoms with Crippen LogP contribution < -0.4 is 10.2 Å². The number of anilines is 1. The normalized spacial score (nSPS) is 20.9. The summed E-state index contributed by atoms with van der Waals surface area (Å²) >= 11 is 0. The first-order chi connectivity index (χ1) is 17.3. The molecule has 0 bridgehead atoms. The lowest BCUT2D eigenvalue weighted by atomic mass is 9.92. The van der Waals surface area contributed by atoms with Crippen LogP contribution in [0, 0.1) is 5.82 Å². The molecule has 1 aromatic carbocycles. The minimum absolute atomic E-state index is 0.0233. The van der Waals surface area contributed by atoms with Crippen molar-refractivity contribution >= 4 is 40.5 Å². The third-order valence-electron chi connectivity index (χ3n) is 7.22. The number of imide groups is 2. The number of benzene rings is 1. The Kier molecular flexibility index (Phi) is 5.06. The van der Waals surface area contributed by atoms with E-state index in [1.54, 1.807) is 17.1 Å². The van der Waals surface area contributed by atoms with Gasteiger partial charge < -0.3 is 4.90 Å². The predicted octanol–water partition coefficient (Wildman–Crippen LogP) is 1.29. The number of carbonyl (C=O) groups excluding carboxylic acids is 4. The van der Waals surface area contributed by atoms with Crippen molar-refractivity contribution in [3.05, 3.63) is 47.2 Å². The lowest BCUT2D eigenvalue weighted by Gasteiger charge is -2.33. The number of fused-ring (bicyclic) bond motifs is 2. The smallest absolute Gasteiger partial charge is 0.262 e. The molecule has 3 aliphatic rings. The maximum atomic E-state index is 15.2. The molecule has 11 nitrogen and oxygen atoms in total. The highest BCUT2D eigenvalue weighted by Gasteiger charge is 2.45. The first kappa shape index (κ1) is 22.3. The third kappa shape index (κ3) is 3.35. The average Bonchev–Trinajstić information content (AvgIpc) is 3.33. The molecule has 1 unspecified atom stereocenters. The molecule has 3 aromatic rings. The van der Waals surface area contributed by atoms with Crippen molar-refractivity contribution in [2.45, 2.75) is 37.6 Å². The van der Waals surface area contributed by atoms with Crippen LogP contribution in [-0.2, 0) is 16.6 Å². The molecule has 0 saturated carbocycles. The molecule has 1 atom stereocenters.